The Kier molecular flexibility index (Phi) is 5.20. The first-order chi connectivity index (χ1) is 6.83. The van der Waals surface area contributed by atoms with Gasteiger partial charge in [0.1, 0.15) is 0 Å². The first-order valence-electron chi connectivity index (χ1n) is 5.51. The van der Waals surface area contributed by atoms with Crippen molar-refractivity contribution in [3.8, 4) is 0 Å². The highest BCUT2D eigenvalue weighted by Gasteiger charge is 2.20. The third-order valence-corrected chi connectivity index (χ3v) is 3.95. The predicted molar refractivity (Wildman–Crippen MR) is 65.1 cm³/mol. The summed E-state index contributed by atoms with van der Waals surface area (Å²) in [5, 5.41) is 5.49. The van der Waals surface area contributed by atoms with Crippen LogP contribution in [0.15, 0.2) is 17.5 Å². The first kappa shape index (κ1) is 11.7. The average molecular weight is 211 g/mol. The predicted octanol–water partition coefficient (Wildman–Crippen LogP) is 3.49. The fourth-order valence-electron chi connectivity index (χ4n) is 2.08. The van der Waals surface area contributed by atoms with Gasteiger partial charge in [-0.15, -0.1) is 11.3 Å². The molecule has 0 bridgehead atoms. The van der Waals surface area contributed by atoms with E-state index in [4.69, 9.17) is 0 Å². The Morgan fingerprint density at radius 3 is 2.50 bits per heavy atom. The molecule has 1 nitrogen and oxygen atoms in total. The molecule has 1 atom stereocenters. The van der Waals surface area contributed by atoms with Crippen molar-refractivity contribution in [2.75, 3.05) is 13.6 Å². The number of thiophene rings is 1. The van der Waals surface area contributed by atoms with E-state index >= 15 is 0 Å². The van der Waals surface area contributed by atoms with Crippen LogP contribution in [0.25, 0.3) is 0 Å². The first-order valence-corrected chi connectivity index (χ1v) is 6.39. The van der Waals surface area contributed by atoms with Crippen molar-refractivity contribution in [2.24, 2.45) is 5.92 Å². The monoisotopic (exact) mass is 211 g/mol. The van der Waals surface area contributed by atoms with Gasteiger partial charge in [-0.2, -0.15) is 0 Å². The highest BCUT2D eigenvalue weighted by atomic mass is 32.1. The molecule has 80 valence electrons. The molecule has 0 aromatic carbocycles. The van der Waals surface area contributed by atoms with Crippen LogP contribution < -0.4 is 5.32 Å². The van der Waals surface area contributed by atoms with Crippen LogP contribution in [0.4, 0.5) is 0 Å². The molecule has 2 heteroatoms. The zero-order chi connectivity index (χ0) is 10.4. The van der Waals surface area contributed by atoms with Crippen molar-refractivity contribution in [1.82, 2.24) is 5.32 Å². The maximum absolute atomic E-state index is 3.31. The molecule has 1 rings (SSSR count). The summed E-state index contributed by atoms with van der Waals surface area (Å²) in [6.45, 7) is 5.70. The number of nitrogens with one attached hydrogen (secondary N) is 1. The van der Waals surface area contributed by atoms with Gasteiger partial charge in [-0.25, -0.2) is 0 Å². The van der Waals surface area contributed by atoms with Gasteiger partial charge in [-0.1, -0.05) is 32.8 Å². The van der Waals surface area contributed by atoms with E-state index in [0.29, 0.717) is 5.92 Å². The van der Waals surface area contributed by atoms with Gasteiger partial charge in [-0.3, -0.25) is 0 Å². The molecule has 0 spiro atoms. The van der Waals surface area contributed by atoms with Crippen LogP contribution in [0, 0.1) is 5.92 Å². The van der Waals surface area contributed by atoms with Gasteiger partial charge in [0.25, 0.3) is 0 Å². The second kappa shape index (κ2) is 6.20. The molecule has 1 aromatic heterocycles. The Hall–Kier alpha value is -0.340. The van der Waals surface area contributed by atoms with Crippen molar-refractivity contribution in [3.63, 3.8) is 0 Å². The zero-order valence-electron chi connectivity index (χ0n) is 9.42. The number of likely N-dealkylation sites (N-methyl/N-ethyl adjacent to an activating group) is 1. The zero-order valence-corrected chi connectivity index (χ0v) is 10.2. The van der Waals surface area contributed by atoms with Gasteiger partial charge in [-0.05, 0) is 24.4 Å². The third-order valence-electron chi connectivity index (χ3n) is 2.95. The normalized spacial score (nSPS) is 13.4. The second-order valence-corrected chi connectivity index (χ2v) is 4.74. The van der Waals surface area contributed by atoms with Gasteiger partial charge < -0.3 is 5.32 Å². The molecular weight excluding hydrogens is 190 g/mol. The Balaban J connectivity index is 2.72. The molecule has 0 aliphatic heterocycles. The Morgan fingerprint density at radius 2 is 2.07 bits per heavy atom. The molecule has 1 heterocycles. The Bertz CT molecular complexity index is 226. The van der Waals surface area contributed by atoms with E-state index in [-0.39, 0.29) is 0 Å². The highest BCUT2D eigenvalue weighted by Crippen LogP contribution is 2.31. The van der Waals surface area contributed by atoms with Crippen molar-refractivity contribution < 1.29 is 0 Å². The molecule has 0 saturated carbocycles. The summed E-state index contributed by atoms with van der Waals surface area (Å²) < 4.78 is 0. The lowest BCUT2D eigenvalue weighted by Gasteiger charge is -2.24. The summed E-state index contributed by atoms with van der Waals surface area (Å²) in [5.41, 5.74) is 0. The summed E-state index contributed by atoms with van der Waals surface area (Å²) in [5.74, 6) is 1.52. The van der Waals surface area contributed by atoms with Crippen LogP contribution in [-0.2, 0) is 0 Å². The summed E-state index contributed by atoms with van der Waals surface area (Å²) in [6, 6.07) is 4.43. The summed E-state index contributed by atoms with van der Waals surface area (Å²) in [4.78, 5) is 1.54. The molecule has 0 saturated heterocycles. The second-order valence-electron chi connectivity index (χ2n) is 3.76. The Labute approximate surface area is 91.5 Å². The van der Waals surface area contributed by atoms with E-state index in [1.165, 1.54) is 17.7 Å². The lowest BCUT2D eigenvalue weighted by molar-refractivity contribution is 0.392. The van der Waals surface area contributed by atoms with Crippen molar-refractivity contribution in [2.45, 2.75) is 32.6 Å². The van der Waals surface area contributed by atoms with Crippen LogP contribution in [0.3, 0.4) is 0 Å². The van der Waals surface area contributed by atoms with Crippen molar-refractivity contribution >= 4 is 11.3 Å². The van der Waals surface area contributed by atoms with Gasteiger partial charge in [0.2, 0.25) is 0 Å². The molecular formula is C12H21NS. The highest BCUT2D eigenvalue weighted by molar-refractivity contribution is 7.10. The van der Waals surface area contributed by atoms with Gasteiger partial charge >= 0.3 is 0 Å². The average Bonchev–Trinajstić information content (AvgIpc) is 2.71. The fraction of sp³-hybridized carbons (Fsp3) is 0.667. The van der Waals surface area contributed by atoms with Gasteiger partial charge in [0, 0.05) is 17.3 Å². The Morgan fingerprint density at radius 1 is 1.36 bits per heavy atom. The van der Waals surface area contributed by atoms with Crippen LogP contribution in [0.5, 0.6) is 0 Å². The number of rotatable bonds is 6. The van der Waals surface area contributed by atoms with Crippen molar-refractivity contribution in [3.05, 3.63) is 22.4 Å². The van der Waals surface area contributed by atoms with E-state index in [1.807, 2.05) is 18.4 Å². The lowest BCUT2D eigenvalue weighted by Crippen LogP contribution is -2.23. The van der Waals surface area contributed by atoms with Crippen LogP contribution in [0.1, 0.15) is 37.5 Å². The van der Waals surface area contributed by atoms with Gasteiger partial charge in [0.15, 0.2) is 0 Å². The topological polar surface area (TPSA) is 12.0 Å². The molecule has 1 unspecified atom stereocenters. The molecule has 0 aliphatic carbocycles. The molecule has 1 aromatic rings. The van der Waals surface area contributed by atoms with E-state index in [9.17, 15) is 0 Å². The molecule has 14 heavy (non-hydrogen) atoms. The summed E-state index contributed by atoms with van der Waals surface area (Å²) in [6.07, 6.45) is 2.56. The van der Waals surface area contributed by atoms with Crippen LogP contribution in [0.2, 0.25) is 0 Å². The van der Waals surface area contributed by atoms with E-state index in [1.54, 1.807) is 0 Å². The van der Waals surface area contributed by atoms with E-state index < -0.39 is 0 Å². The largest absolute Gasteiger partial charge is 0.319 e. The van der Waals surface area contributed by atoms with Crippen molar-refractivity contribution in [1.29, 1.82) is 0 Å². The molecule has 0 radical (unpaired) electrons. The minimum absolute atomic E-state index is 0.704. The smallest absolute Gasteiger partial charge is 0.00916 e. The maximum Gasteiger partial charge on any atom is 0.00916 e. The quantitative estimate of drug-likeness (QED) is 0.759. The molecule has 0 fully saturated rings. The molecule has 1 N–H and O–H groups in total. The standard InChI is InChI=1S/C12H21NS/c1-4-10(5-2)11(9-13-3)12-7-6-8-14-12/h6-8,10-11,13H,4-5,9H2,1-3H3. The summed E-state index contributed by atoms with van der Waals surface area (Å²) >= 11 is 1.89. The minimum Gasteiger partial charge on any atom is -0.319 e. The van der Waals surface area contributed by atoms with Crippen LogP contribution >= 0.6 is 11.3 Å². The van der Waals surface area contributed by atoms with E-state index in [0.717, 1.165) is 12.5 Å². The number of hydrogen-bond acceptors (Lipinski definition) is 2. The van der Waals surface area contributed by atoms with E-state index in [2.05, 4.69) is 36.7 Å². The fourth-order valence-corrected chi connectivity index (χ4v) is 3.00. The minimum atomic E-state index is 0.704. The third kappa shape index (κ3) is 2.82. The lowest BCUT2D eigenvalue weighted by atomic mass is 9.86. The van der Waals surface area contributed by atoms with Crippen LogP contribution in [-0.4, -0.2) is 13.6 Å². The maximum atomic E-state index is 3.31. The molecule has 0 amide bonds. The SMILES string of the molecule is CCC(CC)C(CNC)c1cccs1. The van der Waals surface area contributed by atoms with Gasteiger partial charge in [0.05, 0.1) is 0 Å². The molecule has 0 aliphatic rings. The number of hydrogen-bond donors (Lipinski definition) is 1. The summed E-state index contributed by atoms with van der Waals surface area (Å²) in [7, 11) is 2.04.